The minimum Gasteiger partial charge on any atom is -0.465 e. The van der Waals surface area contributed by atoms with Crippen molar-refractivity contribution in [2.75, 3.05) is 13.7 Å². The third-order valence-corrected chi connectivity index (χ3v) is 9.66. The molecule has 5 rings (SSSR count). The van der Waals surface area contributed by atoms with E-state index in [1.54, 1.807) is 72.5 Å². The Labute approximate surface area is 268 Å². The number of esters is 1. The first-order valence-corrected chi connectivity index (χ1v) is 16.2. The summed E-state index contributed by atoms with van der Waals surface area (Å²) in [5.41, 5.74) is 3.57. The number of amides is 1. The van der Waals surface area contributed by atoms with Gasteiger partial charge < -0.3 is 14.1 Å². The van der Waals surface area contributed by atoms with Crippen molar-refractivity contribution in [1.82, 2.24) is 9.21 Å². The predicted octanol–water partition coefficient (Wildman–Crippen LogP) is 6.55. The van der Waals surface area contributed by atoms with E-state index in [0.717, 1.165) is 16.7 Å². The van der Waals surface area contributed by atoms with Gasteiger partial charge in [-0.15, -0.1) is 0 Å². The van der Waals surface area contributed by atoms with Gasteiger partial charge in [0, 0.05) is 23.8 Å². The standard InChI is InChI=1S/C35H33ClN2O6S/c1-24-9-17-31(18-10-24)45(41,42)37(22-27-11-13-28(36)14-12-27)23-30-16-15-29(44-30)21-32-33(35(40)43-3)25(2)38(34(32)39)20-19-26-7-5-4-6-8-26/h4-18,21H,19-20,22-23H2,1-3H3/b32-21+. The maximum absolute atomic E-state index is 13.8. The molecule has 232 valence electrons. The zero-order chi connectivity index (χ0) is 32.1. The van der Waals surface area contributed by atoms with Crippen LogP contribution >= 0.6 is 11.6 Å². The lowest BCUT2D eigenvalue weighted by Crippen LogP contribution is -2.30. The van der Waals surface area contributed by atoms with Crippen molar-refractivity contribution in [2.45, 2.75) is 38.3 Å². The number of aryl methyl sites for hydroxylation is 1. The Morgan fingerprint density at radius 2 is 1.60 bits per heavy atom. The van der Waals surface area contributed by atoms with Crippen LogP contribution in [0, 0.1) is 6.92 Å². The predicted molar refractivity (Wildman–Crippen MR) is 172 cm³/mol. The SMILES string of the molecule is COC(=O)C1=C(C)N(CCc2ccccc2)C(=O)/C1=C/c1ccc(CN(Cc2ccc(Cl)cc2)S(=O)(=O)c2ccc(C)cc2)o1. The minimum absolute atomic E-state index is 0.0715. The lowest BCUT2D eigenvalue weighted by Gasteiger charge is -2.21. The maximum atomic E-state index is 13.8. The average molecular weight is 645 g/mol. The number of benzene rings is 3. The molecule has 1 aromatic heterocycles. The quantitative estimate of drug-likeness (QED) is 0.136. The van der Waals surface area contributed by atoms with Gasteiger partial charge in [-0.1, -0.05) is 71.8 Å². The highest BCUT2D eigenvalue weighted by atomic mass is 35.5. The molecule has 10 heteroatoms. The number of carbonyl (C=O) groups excluding carboxylic acids is 2. The second-order valence-electron chi connectivity index (χ2n) is 10.7. The number of carbonyl (C=O) groups is 2. The first-order chi connectivity index (χ1) is 21.6. The minimum atomic E-state index is -3.92. The monoisotopic (exact) mass is 644 g/mol. The summed E-state index contributed by atoms with van der Waals surface area (Å²) in [7, 11) is -2.65. The number of rotatable bonds is 11. The molecule has 0 radical (unpaired) electrons. The molecule has 0 fully saturated rings. The molecule has 0 unspecified atom stereocenters. The van der Waals surface area contributed by atoms with Crippen LogP contribution in [0.15, 0.2) is 117 Å². The summed E-state index contributed by atoms with van der Waals surface area (Å²) in [6, 6.07) is 26.7. The highest BCUT2D eigenvalue weighted by molar-refractivity contribution is 7.89. The number of sulfonamides is 1. The molecule has 0 saturated heterocycles. The van der Waals surface area contributed by atoms with Crippen LogP contribution in [0.1, 0.15) is 35.1 Å². The van der Waals surface area contributed by atoms with Gasteiger partial charge in [-0.3, -0.25) is 4.79 Å². The summed E-state index contributed by atoms with van der Waals surface area (Å²) in [4.78, 5) is 28.1. The van der Waals surface area contributed by atoms with E-state index >= 15 is 0 Å². The number of methoxy groups -OCH3 is 1. The molecule has 0 saturated carbocycles. The first-order valence-electron chi connectivity index (χ1n) is 14.3. The van der Waals surface area contributed by atoms with Crippen LogP contribution < -0.4 is 0 Å². The average Bonchev–Trinajstić information content (AvgIpc) is 3.57. The molecule has 8 nitrogen and oxygen atoms in total. The third kappa shape index (κ3) is 7.28. The van der Waals surface area contributed by atoms with E-state index in [4.69, 9.17) is 20.8 Å². The molecule has 45 heavy (non-hydrogen) atoms. The van der Waals surface area contributed by atoms with Crippen LogP contribution in [0.4, 0.5) is 0 Å². The lowest BCUT2D eigenvalue weighted by molar-refractivity contribution is -0.136. The zero-order valence-electron chi connectivity index (χ0n) is 25.2. The Balaban J connectivity index is 1.42. The van der Waals surface area contributed by atoms with E-state index in [9.17, 15) is 18.0 Å². The van der Waals surface area contributed by atoms with Gasteiger partial charge in [-0.2, -0.15) is 4.31 Å². The fourth-order valence-electron chi connectivity index (χ4n) is 5.13. The van der Waals surface area contributed by atoms with Crippen molar-refractivity contribution in [3.63, 3.8) is 0 Å². The van der Waals surface area contributed by atoms with E-state index in [1.807, 2.05) is 37.3 Å². The molecule has 1 aliphatic rings. The second kappa shape index (κ2) is 13.7. The van der Waals surface area contributed by atoms with Gasteiger partial charge >= 0.3 is 5.97 Å². The summed E-state index contributed by atoms with van der Waals surface area (Å²) in [5.74, 6) is -0.308. The van der Waals surface area contributed by atoms with Gasteiger partial charge in [-0.05, 0) is 73.9 Å². The van der Waals surface area contributed by atoms with Gasteiger partial charge in [-0.25, -0.2) is 13.2 Å². The number of hydrogen-bond donors (Lipinski definition) is 0. The molecule has 0 spiro atoms. The topological polar surface area (TPSA) is 97.1 Å². The largest absolute Gasteiger partial charge is 0.465 e. The van der Waals surface area contributed by atoms with E-state index < -0.39 is 16.0 Å². The van der Waals surface area contributed by atoms with Crippen LogP contribution in [-0.4, -0.2) is 43.2 Å². The molecule has 0 N–H and O–H groups in total. The van der Waals surface area contributed by atoms with Crippen molar-refractivity contribution in [1.29, 1.82) is 0 Å². The highest BCUT2D eigenvalue weighted by Crippen LogP contribution is 2.32. The number of furan rings is 1. The third-order valence-electron chi connectivity index (χ3n) is 7.60. The summed E-state index contributed by atoms with van der Waals surface area (Å²) >= 11 is 6.05. The highest BCUT2D eigenvalue weighted by Gasteiger charge is 2.37. The Hall–Kier alpha value is -4.44. The lowest BCUT2D eigenvalue weighted by atomic mass is 10.1. The molecule has 3 aromatic carbocycles. The summed E-state index contributed by atoms with van der Waals surface area (Å²) in [6.07, 6.45) is 2.11. The Morgan fingerprint density at radius 1 is 0.911 bits per heavy atom. The van der Waals surface area contributed by atoms with Gasteiger partial charge in [0.15, 0.2) is 0 Å². The molecule has 0 atom stereocenters. The van der Waals surface area contributed by atoms with E-state index in [2.05, 4.69) is 0 Å². The molecule has 0 aliphatic carbocycles. The number of nitrogens with zero attached hydrogens (tertiary/aromatic N) is 2. The van der Waals surface area contributed by atoms with Gasteiger partial charge in [0.05, 0.1) is 29.7 Å². The molecule has 1 aliphatic heterocycles. The van der Waals surface area contributed by atoms with E-state index in [1.165, 1.54) is 17.5 Å². The number of hydrogen-bond acceptors (Lipinski definition) is 6. The molecule has 1 amide bonds. The van der Waals surface area contributed by atoms with Crippen molar-refractivity contribution in [3.05, 3.63) is 141 Å². The van der Waals surface area contributed by atoms with Crippen LogP contribution in [0.25, 0.3) is 6.08 Å². The number of ether oxygens (including phenoxy) is 1. The van der Waals surface area contributed by atoms with Crippen LogP contribution in [0.2, 0.25) is 5.02 Å². The second-order valence-corrected chi connectivity index (χ2v) is 13.1. The van der Waals surface area contributed by atoms with E-state index in [-0.39, 0.29) is 35.0 Å². The van der Waals surface area contributed by atoms with Gasteiger partial charge in [0.2, 0.25) is 10.0 Å². The van der Waals surface area contributed by atoms with Crippen molar-refractivity contribution in [2.24, 2.45) is 0 Å². The molecular weight excluding hydrogens is 612 g/mol. The number of halogens is 1. The Kier molecular flexibility index (Phi) is 9.72. The molecule has 2 heterocycles. The fourth-order valence-corrected chi connectivity index (χ4v) is 6.66. The van der Waals surface area contributed by atoms with Crippen molar-refractivity contribution in [3.8, 4) is 0 Å². The van der Waals surface area contributed by atoms with Crippen LogP contribution in [0.5, 0.6) is 0 Å². The van der Waals surface area contributed by atoms with Crippen LogP contribution in [-0.2, 0) is 43.9 Å². The molecule has 0 bridgehead atoms. The summed E-state index contributed by atoms with van der Waals surface area (Å²) in [6.45, 7) is 3.99. The summed E-state index contributed by atoms with van der Waals surface area (Å²) in [5, 5.41) is 0.547. The smallest absolute Gasteiger partial charge is 0.340 e. The van der Waals surface area contributed by atoms with E-state index in [0.29, 0.717) is 35.2 Å². The summed E-state index contributed by atoms with van der Waals surface area (Å²) < 4.78 is 39.9. The Morgan fingerprint density at radius 3 is 2.27 bits per heavy atom. The number of allylic oxidation sites excluding steroid dienone is 1. The van der Waals surface area contributed by atoms with Crippen molar-refractivity contribution >= 4 is 39.6 Å². The van der Waals surface area contributed by atoms with Gasteiger partial charge in [0.25, 0.3) is 5.91 Å². The van der Waals surface area contributed by atoms with Gasteiger partial charge in [0.1, 0.15) is 11.5 Å². The maximum Gasteiger partial charge on any atom is 0.340 e. The van der Waals surface area contributed by atoms with Crippen molar-refractivity contribution < 1.29 is 27.2 Å². The first kappa shape index (κ1) is 32.0. The zero-order valence-corrected chi connectivity index (χ0v) is 26.8. The Bertz CT molecular complexity index is 1860. The van der Waals surface area contributed by atoms with Crippen LogP contribution in [0.3, 0.4) is 0 Å². The fraction of sp³-hybridized carbons (Fsp3) is 0.200. The molecular formula is C35H33ClN2O6S. The molecule has 4 aromatic rings. The normalized spacial score (nSPS) is 14.6.